The number of aliphatic carboxylic acids is 1. The van der Waals surface area contributed by atoms with Gasteiger partial charge < -0.3 is 10.4 Å². The summed E-state index contributed by atoms with van der Waals surface area (Å²) in [5.41, 5.74) is 0.239. The maximum Gasteiger partial charge on any atom is 0.325 e. The van der Waals surface area contributed by atoms with Gasteiger partial charge >= 0.3 is 5.97 Å². The van der Waals surface area contributed by atoms with Crippen molar-refractivity contribution in [2.24, 2.45) is 5.92 Å². The Labute approximate surface area is 96.0 Å². The average molecular weight is 222 g/mol. The number of nitrogens with one attached hydrogen (secondary N) is 1. The van der Waals surface area contributed by atoms with Crippen LogP contribution in [0.25, 0.3) is 0 Å². The molecule has 0 fully saturated rings. The standard InChI is InChI=1S/C12H18N2O2/c1-11(2)5-8(6-12(3,4)14-11)9(7-13)10(15)16/h5,9,14H,6H2,1-4H3,(H,15,16)/t9-/m1/s1. The van der Waals surface area contributed by atoms with Gasteiger partial charge in [-0.05, 0) is 39.7 Å². The van der Waals surface area contributed by atoms with Gasteiger partial charge in [-0.2, -0.15) is 5.26 Å². The Bertz CT molecular complexity index is 375. The molecule has 0 saturated carbocycles. The Morgan fingerprint density at radius 3 is 2.50 bits per heavy atom. The van der Waals surface area contributed by atoms with Crippen molar-refractivity contribution in [3.8, 4) is 6.07 Å². The maximum absolute atomic E-state index is 11.0. The van der Waals surface area contributed by atoms with Crippen molar-refractivity contribution < 1.29 is 9.90 Å². The molecule has 4 heteroatoms. The zero-order chi connectivity index (χ0) is 12.6. The second kappa shape index (κ2) is 3.91. The number of nitrogens with zero attached hydrogens (tertiary/aromatic N) is 1. The number of carboxylic acids is 1. The normalized spacial score (nSPS) is 24.1. The second-order valence-corrected chi connectivity index (χ2v) is 5.53. The largest absolute Gasteiger partial charge is 0.480 e. The summed E-state index contributed by atoms with van der Waals surface area (Å²) in [6, 6.07) is 1.85. The minimum Gasteiger partial charge on any atom is -0.480 e. The van der Waals surface area contributed by atoms with E-state index in [-0.39, 0.29) is 11.1 Å². The molecule has 2 N–H and O–H groups in total. The molecule has 0 unspecified atom stereocenters. The number of carbonyl (C=O) groups is 1. The molecule has 1 aliphatic rings. The summed E-state index contributed by atoms with van der Waals surface area (Å²) in [6.45, 7) is 7.98. The SMILES string of the molecule is CC1(C)C=C([C@@H](C#N)C(=O)O)CC(C)(C)N1. The molecule has 0 aromatic carbocycles. The molecule has 1 rings (SSSR count). The fourth-order valence-corrected chi connectivity index (χ4v) is 2.46. The van der Waals surface area contributed by atoms with E-state index in [0.29, 0.717) is 12.0 Å². The quantitative estimate of drug-likeness (QED) is 0.697. The first-order chi connectivity index (χ1) is 7.17. The fourth-order valence-electron chi connectivity index (χ4n) is 2.46. The van der Waals surface area contributed by atoms with Gasteiger partial charge in [0.05, 0.1) is 6.07 Å². The average Bonchev–Trinajstić information content (AvgIpc) is 1.97. The van der Waals surface area contributed by atoms with E-state index >= 15 is 0 Å². The Hall–Kier alpha value is -1.34. The second-order valence-electron chi connectivity index (χ2n) is 5.53. The predicted molar refractivity (Wildman–Crippen MR) is 60.7 cm³/mol. The smallest absolute Gasteiger partial charge is 0.325 e. The van der Waals surface area contributed by atoms with E-state index in [1.807, 2.05) is 39.8 Å². The monoisotopic (exact) mass is 222 g/mol. The van der Waals surface area contributed by atoms with E-state index in [0.717, 1.165) is 0 Å². The third-order valence-electron chi connectivity index (χ3n) is 2.60. The van der Waals surface area contributed by atoms with Crippen LogP contribution in [0.4, 0.5) is 0 Å². The lowest BCUT2D eigenvalue weighted by Gasteiger charge is -2.41. The first-order valence-electron chi connectivity index (χ1n) is 5.30. The van der Waals surface area contributed by atoms with Gasteiger partial charge in [0.1, 0.15) is 0 Å². The predicted octanol–water partition coefficient (Wildman–Crippen LogP) is 1.69. The molecule has 1 heterocycles. The van der Waals surface area contributed by atoms with Crippen molar-refractivity contribution in [1.29, 1.82) is 5.26 Å². The molecule has 0 bridgehead atoms. The topological polar surface area (TPSA) is 73.1 Å². The summed E-state index contributed by atoms with van der Waals surface area (Å²) in [5.74, 6) is -2.09. The molecule has 1 atom stereocenters. The lowest BCUT2D eigenvalue weighted by molar-refractivity contribution is -0.138. The summed E-state index contributed by atoms with van der Waals surface area (Å²) >= 11 is 0. The molecule has 0 aromatic heterocycles. The summed E-state index contributed by atoms with van der Waals surface area (Å²) in [6.07, 6.45) is 2.45. The van der Waals surface area contributed by atoms with Crippen LogP contribution >= 0.6 is 0 Å². The number of hydrogen-bond donors (Lipinski definition) is 2. The van der Waals surface area contributed by atoms with Crippen LogP contribution in [0.3, 0.4) is 0 Å². The molecule has 1 aliphatic heterocycles. The third-order valence-corrected chi connectivity index (χ3v) is 2.60. The van der Waals surface area contributed by atoms with Crippen molar-refractivity contribution in [1.82, 2.24) is 5.32 Å². The van der Waals surface area contributed by atoms with Gasteiger partial charge in [-0.1, -0.05) is 6.08 Å². The van der Waals surface area contributed by atoms with Crippen molar-refractivity contribution in [2.45, 2.75) is 45.2 Å². The lowest BCUT2D eigenvalue weighted by atomic mass is 9.79. The molecule has 16 heavy (non-hydrogen) atoms. The summed E-state index contributed by atoms with van der Waals surface area (Å²) < 4.78 is 0. The molecular weight excluding hydrogens is 204 g/mol. The van der Waals surface area contributed by atoms with E-state index < -0.39 is 11.9 Å². The molecule has 0 amide bonds. The van der Waals surface area contributed by atoms with Crippen molar-refractivity contribution in [3.05, 3.63) is 11.6 Å². The Kier molecular flexibility index (Phi) is 3.11. The van der Waals surface area contributed by atoms with Gasteiger partial charge in [-0.25, -0.2) is 0 Å². The van der Waals surface area contributed by atoms with E-state index in [1.165, 1.54) is 0 Å². The van der Waals surface area contributed by atoms with Crippen LogP contribution in [0.15, 0.2) is 11.6 Å². The number of carboxylic acid groups (broad SMARTS) is 1. The molecule has 4 nitrogen and oxygen atoms in total. The van der Waals surface area contributed by atoms with Crippen LogP contribution in [0.2, 0.25) is 0 Å². The van der Waals surface area contributed by atoms with Gasteiger partial charge in [0.25, 0.3) is 0 Å². The highest BCUT2D eigenvalue weighted by atomic mass is 16.4. The van der Waals surface area contributed by atoms with E-state index in [4.69, 9.17) is 10.4 Å². The minimum absolute atomic E-state index is 0.182. The number of rotatable bonds is 2. The van der Waals surface area contributed by atoms with Crippen molar-refractivity contribution in [2.75, 3.05) is 0 Å². The molecule has 0 aromatic rings. The first-order valence-corrected chi connectivity index (χ1v) is 5.30. The van der Waals surface area contributed by atoms with Crippen LogP contribution in [0, 0.1) is 17.2 Å². The van der Waals surface area contributed by atoms with E-state index in [1.54, 1.807) is 0 Å². The Morgan fingerprint density at radius 2 is 2.12 bits per heavy atom. The van der Waals surface area contributed by atoms with Gasteiger partial charge in [0.15, 0.2) is 5.92 Å². The Balaban J connectivity index is 3.09. The van der Waals surface area contributed by atoms with Crippen LogP contribution in [-0.4, -0.2) is 22.2 Å². The zero-order valence-corrected chi connectivity index (χ0v) is 10.2. The summed E-state index contributed by atoms with van der Waals surface area (Å²) in [4.78, 5) is 11.0. The maximum atomic E-state index is 11.0. The molecular formula is C12H18N2O2. The zero-order valence-electron chi connectivity index (χ0n) is 10.2. The highest BCUT2D eigenvalue weighted by molar-refractivity contribution is 5.77. The highest BCUT2D eigenvalue weighted by Gasteiger charge is 2.36. The lowest BCUT2D eigenvalue weighted by Crippen LogP contribution is -2.54. The minimum atomic E-state index is -1.07. The third kappa shape index (κ3) is 2.83. The first kappa shape index (κ1) is 12.7. The molecule has 0 spiro atoms. The van der Waals surface area contributed by atoms with Crippen LogP contribution in [0.5, 0.6) is 0 Å². The molecule has 0 aliphatic carbocycles. The summed E-state index contributed by atoms with van der Waals surface area (Å²) in [7, 11) is 0. The van der Waals surface area contributed by atoms with Gasteiger partial charge in [0.2, 0.25) is 0 Å². The molecule has 88 valence electrons. The van der Waals surface area contributed by atoms with Crippen molar-refractivity contribution in [3.63, 3.8) is 0 Å². The van der Waals surface area contributed by atoms with E-state index in [9.17, 15) is 4.79 Å². The fraction of sp³-hybridized carbons (Fsp3) is 0.667. The van der Waals surface area contributed by atoms with Crippen molar-refractivity contribution >= 4 is 5.97 Å². The number of nitriles is 1. The Morgan fingerprint density at radius 1 is 1.56 bits per heavy atom. The van der Waals surface area contributed by atoms with Gasteiger partial charge in [-0.15, -0.1) is 0 Å². The van der Waals surface area contributed by atoms with Crippen LogP contribution in [0.1, 0.15) is 34.1 Å². The molecule has 0 saturated heterocycles. The highest BCUT2D eigenvalue weighted by Crippen LogP contribution is 2.31. The molecule has 0 radical (unpaired) electrons. The van der Waals surface area contributed by atoms with E-state index in [2.05, 4.69) is 5.32 Å². The van der Waals surface area contributed by atoms with Crippen LogP contribution in [-0.2, 0) is 4.79 Å². The van der Waals surface area contributed by atoms with Crippen LogP contribution < -0.4 is 5.32 Å². The number of hydrogen-bond acceptors (Lipinski definition) is 3. The van der Waals surface area contributed by atoms with Gasteiger partial charge in [-0.3, -0.25) is 4.79 Å². The van der Waals surface area contributed by atoms with Gasteiger partial charge in [0, 0.05) is 11.1 Å². The summed E-state index contributed by atoms with van der Waals surface area (Å²) in [5, 5.41) is 21.3.